The van der Waals surface area contributed by atoms with Crippen LogP contribution in [0.4, 0.5) is 35.1 Å². The van der Waals surface area contributed by atoms with Gasteiger partial charge in [0.2, 0.25) is 0 Å². The largest absolute Gasteiger partial charge is 0.494 e. The maximum atomic E-state index is 14.9. The molecule has 0 atom stereocenters. The molecule has 12 rings (SSSR count). The number of benzene rings is 11. The maximum Gasteiger partial charge on any atom is 0.494 e. The molecular weight excluding hydrogens is 1690 g/mol. The highest BCUT2D eigenvalue weighted by molar-refractivity contribution is 9.10. The number of unbranched alkanes of at least 4 members (excludes halogenated alkanes) is 12. The van der Waals surface area contributed by atoms with Crippen molar-refractivity contribution < 1.29 is 82.6 Å². The Hall–Kier alpha value is -11.8. The Labute approximate surface area is 715 Å². The molecule has 1 aliphatic heterocycles. The lowest BCUT2D eigenvalue weighted by molar-refractivity contribution is 0.00578. The van der Waals surface area contributed by atoms with Crippen LogP contribution in [0.15, 0.2) is 227 Å². The van der Waals surface area contributed by atoms with Crippen molar-refractivity contribution in [1.29, 1.82) is 15.8 Å². The number of nitrogens with zero attached hydrogens (tertiary/aromatic N) is 3. The number of nitriles is 3. The molecule has 0 N–H and O–H groups in total. The summed E-state index contributed by atoms with van der Waals surface area (Å²) in [5, 5.41) is 26.7. The van der Waals surface area contributed by atoms with E-state index in [9.17, 15) is 54.3 Å². The van der Waals surface area contributed by atoms with Crippen LogP contribution in [0.3, 0.4) is 0 Å². The van der Waals surface area contributed by atoms with Crippen LogP contribution in [0, 0.1) is 80.5 Å². The minimum atomic E-state index is -0.929. The fourth-order valence-corrected chi connectivity index (χ4v) is 13.6. The van der Waals surface area contributed by atoms with E-state index in [0.717, 1.165) is 142 Å². The lowest BCUT2D eigenvalue weighted by Crippen LogP contribution is -2.41. The topological polar surface area (TPSA) is 195 Å². The van der Waals surface area contributed by atoms with Crippen LogP contribution in [-0.4, -0.2) is 42.2 Å². The second kappa shape index (κ2) is 43.9. The van der Waals surface area contributed by atoms with Gasteiger partial charge in [0.25, 0.3) is 0 Å². The average molecular weight is 1770 g/mol. The molecule has 0 saturated carbocycles. The quantitative estimate of drug-likeness (QED) is 0.0131. The van der Waals surface area contributed by atoms with Crippen LogP contribution in [-0.2, 0) is 35.0 Å². The Morgan fingerprint density at radius 3 is 0.810 bits per heavy atom. The van der Waals surface area contributed by atoms with Gasteiger partial charge in [-0.25, -0.2) is 54.3 Å². The highest BCUT2D eigenvalue weighted by atomic mass is 79.9. The van der Waals surface area contributed by atoms with Crippen molar-refractivity contribution in [3.8, 4) is 63.5 Å². The van der Waals surface area contributed by atoms with Crippen molar-refractivity contribution in [2.24, 2.45) is 0 Å². The van der Waals surface area contributed by atoms with Crippen molar-refractivity contribution in [2.75, 3.05) is 0 Å². The van der Waals surface area contributed by atoms with E-state index < -0.39 is 70.4 Å². The Balaban J connectivity index is 0.000000217. The lowest BCUT2D eigenvalue weighted by atomic mass is 9.79. The number of carbonyl (C=O) groups excluding carboxylic acids is 4. The van der Waals surface area contributed by atoms with Gasteiger partial charge in [-0.15, -0.1) is 0 Å². The third-order valence-corrected chi connectivity index (χ3v) is 21.9. The smallest absolute Gasteiger partial charge is 0.423 e. The van der Waals surface area contributed by atoms with E-state index in [-0.39, 0.29) is 83.6 Å². The predicted octanol–water partition coefficient (Wildman–Crippen LogP) is 24.9. The molecule has 121 heavy (non-hydrogen) atoms. The van der Waals surface area contributed by atoms with Crippen molar-refractivity contribution in [2.45, 2.75) is 154 Å². The van der Waals surface area contributed by atoms with E-state index >= 15 is 0 Å². The van der Waals surface area contributed by atoms with Crippen LogP contribution in [0.5, 0.6) is 23.0 Å². The van der Waals surface area contributed by atoms with E-state index in [1.54, 1.807) is 84.9 Å². The lowest BCUT2D eigenvalue weighted by Gasteiger charge is -2.32. The number of carbonyl (C=O) groups is 4. The van der Waals surface area contributed by atoms with Crippen LogP contribution >= 0.6 is 31.9 Å². The normalized spacial score (nSPS) is 12.3. The summed E-state index contributed by atoms with van der Waals surface area (Å²) >= 11 is 6.05. The fraction of sp³-hybridized carbons (Fsp3) is 0.247. The van der Waals surface area contributed by atoms with Gasteiger partial charge < -0.3 is 28.3 Å². The molecular formula is C97H84BBr2F8N3O10. The van der Waals surface area contributed by atoms with Gasteiger partial charge in [0, 0.05) is 35.4 Å². The van der Waals surface area contributed by atoms with E-state index in [4.69, 9.17) is 44.0 Å². The van der Waals surface area contributed by atoms with E-state index in [1.807, 2.05) is 52.0 Å². The molecule has 24 heteroatoms. The van der Waals surface area contributed by atoms with Gasteiger partial charge in [-0.3, -0.25) is 0 Å². The number of hydrogen-bond acceptors (Lipinski definition) is 13. The molecule has 13 nitrogen and oxygen atoms in total. The Kier molecular flexibility index (Phi) is 33.2. The summed E-state index contributed by atoms with van der Waals surface area (Å²) < 4.78 is 149. The molecule has 0 spiro atoms. The van der Waals surface area contributed by atoms with E-state index in [2.05, 4.69) is 37.9 Å². The Morgan fingerprint density at radius 1 is 0.314 bits per heavy atom. The fourth-order valence-electron chi connectivity index (χ4n) is 13.1. The third-order valence-electron chi connectivity index (χ3n) is 20.6. The molecule has 1 fully saturated rings. The molecule has 0 radical (unpaired) electrons. The van der Waals surface area contributed by atoms with Crippen molar-refractivity contribution >= 4 is 68.3 Å². The van der Waals surface area contributed by atoms with Crippen LogP contribution < -0.4 is 24.4 Å². The molecule has 0 bridgehead atoms. The zero-order valence-corrected chi connectivity index (χ0v) is 70.0. The van der Waals surface area contributed by atoms with Crippen molar-refractivity contribution in [3.05, 3.63) is 335 Å². The van der Waals surface area contributed by atoms with Gasteiger partial charge >= 0.3 is 31.0 Å². The summed E-state index contributed by atoms with van der Waals surface area (Å²) in [5.74, 6) is -8.98. The summed E-state index contributed by atoms with van der Waals surface area (Å²) in [4.78, 5) is 50.0. The first-order chi connectivity index (χ1) is 58.1. The molecule has 0 unspecified atom stereocenters. The monoisotopic (exact) mass is 1770 g/mol. The highest BCUT2D eigenvalue weighted by Gasteiger charge is 2.51. The molecule has 11 aromatic rings. The average Bonchev–Trinajstić information content (AvgIpc) is 1.62. The number of esters is 4. The number of halogens is 10. The molecule has 0 amide bonds. The van der Waals surface area contributed by atoms with Crippen LogP contribution in [0.1, 0.15) is 198 Å². The third kappa shape index (κ3) is 26.3. The number of rotatable bonds is 31. The highest BCUT2D eigenvalue weighted by Crippen LogP contribution is 2.37. The second-order valence-corrected chi connectivity index (χ2v) is 31.6. The van der Waals surface area contributed by atoms with Gasteiger partial charge in [0.05, 0.1) is 77.3 Å². The molecule has 0 aromatic heterocycles. The van der Waals surface area contributed by atoms with Gasteiger partial charge in [-0.2, -0.15) is 15.8 Å². The predicted molar refractivity (Wildman–Crippen MR) is 453 cm³/mol. The van der Waals surface area contributed by atoms with E-state index in [0.29, 0.717) is 53.5 Å². The SMILES string of the molecule is CC1(C)OB(c2ccc(C#N)cc2)OC1(C)C.N#Cc1ccc(-c2ccc(OC(=O)c3ccc(CCCCCCCCCc4ccc(C(=O)Oc5ccc(-c6ccc(C#N)cc6)c(F)c5)c(F)c4)cc3F)cc2F)cc1.O=C(Oc1ccc(Br)c(F)c1)c1ccc(CCCCCCCCCc2ccc(C(=O)Oc3ccc(Br)c(F)c3)c(F)c2)cc1F. The zero-order chi connectivity index (χ0) is 86.8. The number of hydrogen-bond donors (Lipinski definition) is 0. The summed E-state index contributed by atoms with van der Waals surface area (Å²) in [6.07, 6.45) is 16.1. The Bertz CT molecular complexity index is 5330. The summed E-state index contributed by atoms with van der Waals surface area (Å²) in [6, 6.07) is 59.5. The first kappa shape index (κ1) is 91.5. The van der Waals surface area contributed by atoms with Crippen LogP contribution in [0.25, 0.3) is 22.3 Å². The molecule has 1 saturated heterocycles. The Morgan fingerprint density at radius 2 is 0.562 bits per heavy atom. The summed E-state index contributed by atoms with van der Waals surface area (Å²) in [7, 11) is -0.354. The van der Waals surface area contributed by atoms with E-state index in [1.165, 1.54) is 97.1 Å². The van der Waals surface area contributed by atoms with Crippen molar-refractivity contribution in [1.82, 2.24) is 0 Å². The summed E-state index contributed by atoms with van der Waals surface area (Å²) in [5.41, 5.74) is 5.66. The summed E-state index contributed by atoms with van der Waals surface area (Å²) in [6.45, 7) is 8.10. The zero-order valence-electron chi connectivity index (χ0n) is 66.8. The second-order valence-electron chi connectivity index (χ2n) is 29.9. The maximum absolute atomic E-state index is 14.9. The van der Waals surface area contributed by atoms with Gasteiger partial charge in [0.1, 0.15) is 69.5 Å². The molecule has 1 aliphatic rings. The minimum Gasteiger partial charge on any atom is -0.423 e. The van der Waals surface area contributed by atoms with Gasteiger partial charge in [-0.05, 0) is 283 Å². The molecule has 11 aromatic carbocycles. The first-order valence-electron chi connectivity index (χ1n) is 39.5. The molecule has 0 aliphatic carbocycles. The minimum absolute atomic E-state index is 0.00972. The number of ether oxygens (including phenoxy) is 4. The first-order valence-corrected chi connectivity index (χ1v) is 41.0. The van der Waals surface area contributed by atoms with Gasteiger partial charge in [0.15, 0.2) is 0 Å². The van der Waals surface area contributed by atoms with Crippen LogP contribution in [0.2, 0.25) is 0 Å². The number of aryl methyl sites for hydroxylation is 4. The van der Waals surface area contributed by atoms with Crippen molar-refractivity contribution in [3.63, 3.8) is 0 Å². The standard InChI is InChI=1S/C49H38F4N2O4.C35H30Br2F4O4.C13H16BNO2/c50-44-26-32(14-22-42(44)48(56)58-38-20-24-40(46(52)28-38)36-16-10-34(30-54)11-17-36)8-6-4-2-1-3-5-7-9-33-15-23-43(45(51)27-33)49(57)59-39-21-25-41(47(53)29-39)37-18-12-35(31-55)13-19-37;36-28-16-12-24(20-32(28)40)44-34(42)26-14-10-22(18-30(26)38)8-6-4-2-1-3-5-7-9-23-11-15-27(31(39)19-23)35(43)45-25-13-17-29(37)33(41)21-25;1-12(2)13(3,4)17-14(16-12)11-7-5-10(9-15)6-8-11/h10-29H,1-9H2;10-21H,1-9H2;5-8H,1-4H3. The van der Waals surface area contributed by atoms with Gasteiger partial charge in [-0.1, -0.05) is 125 Å². The molecule has 620 valence electrons. The molecule has 1 heterocycles.